The lowest BCUT2D eigenvalue weighted by Gasteiger charge is -2.19. The predicted molar refractivity (Wildman–Crippen MR) is 110 cm³/mol. The molecule has 4 nitrogen and oxygen atoms in total. The second-order valence-corrected chi connectivity index (χ2v) is 6.53. The Balaban J connectivity index is 1.57. The number of nitrogens with one attached hydrogen (secondary N) is 2. The van der Waals surface area contributed by atoms with Gasteiger partial charge in [0, 0.05) is 25.5 Å². The van der Waals surface area contributed by atoms with Crippen LogP contribution in [0.1, 0.15) is 29.8 Å². The van der Waals surface area contributed by atoms with Gasteiger partial charge in [-0.05, 0) is 54.3 Å². The molecule has 1 unspecified atom stereocenters. The van der Waals surface area contributed by atoms with Crippen LogP contribution in [0.3, 0.4) is 0 Å². The lowest BCUT2D eigenvalue weighted by atomic mass is 10.0. The second kappa shape index (κ2) is 8.48. The van der Waals surface area contributed by atoms with Gasteiger partial charge in [0.1, 0.15) is 0 Å². The maximum absolute atomic E-state index is 4.34. The molecule has 2 N–H and O–H groups in total. The number of pyridine rings is 1. The first-order chi connectivity index (χ1) is 12.7. The summed E-state index contributed by atoms with van der Waals surface area (Å²) in [5.74, 6) is 0.811. The number of aromatic nitrogens is 1. The Morgan fingerprint density at radius 1 is 1.08 bits per heavy atom. The van der Waals surface area contributed by atoms with E-state index in [2.05, 4.69) is 76.1 Å². The fourth-order valence-corrected chi connectivity index (χ4v) is 2.93. The zero-order valence-electron chi connectivity index (χ0n) is 15.7. The molecule has 0 fully saturated rings. The van der Waals surface area contributed by atoms with Gasteiger partial charge in [0.15, 0.2) is 5.96 Å². The molecule has 1 aromatic heterocycles. The summed E-state index contributed by atoms with van der Waals surface area (Å²) in [6, 6.07) is 19.3. The smallest absolute Gasteiger partial charge is 0.191 e. The number of rotatable bonds is 5. The van der Waals surface area contributed by atoms with Crippen molar-refractivity contribution in [2.24, 2.45) is 4.99 Å². The van der Waals surface area contributed by atoms with E-state index in [0.717, 1.165) is 24.6 Å². The fraction of sp³-hybridized carbons (Fsp3) is 0.273. The number of aliphatic imine (C=N–C) groups is 1. The van der Waals surface area contributed by atoms with Crippen LogP contribution in [0.5, 0.6) is 0 Å². The number of nitrogens with zero attached hydrogens (tertiary/aromatic N) is 2. The van der Waals surface area contributed by atoms with Crippen LogP contribution in [0.25, 0.3) is 10.8 Å². The molecule has 0 aliphatic rings. The van der Waals surface area contributed by atoms with Crippen LogP contribution < -0.4 is 10.6 Å². The number of benzene rings is 2. The van der Waals surface area contributed by atoms with Crippen molar-refractivity contribution in [3.05, 3.63) is 77.6 Å². The molecule has 1 heterocycles. The fourth-order valence-electron chi connectivity index (χ4n) is 2.93. The molecule has 134 valence electrons. The normalized spacial score (nSPS) is 12.8. The largest absolute Gasteiger partial charge is 0.356 e. The van der Waals surface area contributed by atoms with Crippen LogP contribution in [-0.2, 0) is 6.42 Å². The molecule has 0 saturated heterocycles. The highest BCUT2D eigenvalue weighted by Gasteiger charge is 2.08. The maximum atomic E-state index is 4.34. The molecule has 0 aliphatic heterocycles. The zero-order chi connectivity index (χ0) is 18.4. The van der Waals surface area contributed by atoms with Crippen molar-refractivity contribution in [1.82, 2.24) is 15.6 Å². The molecule has 3 rings (SSSR count). The first kappa shape index (κ1) is 17.9. The molecule has 0 spiro atoms. The summed E-state index contributed by atoms with van der Waals surface area (Å²) in [6.07, 6.45) is 2.85. The maximum Gasteiger partial charge on any atom is 0.191 e. The predicted octanol–water partition coefficient (Wildman–Crippen LogP) is 4.01. The summed E-state index contributed by atoms with van der Waals surface area (Å²) in [6.45, 7) is 4.97. The molecule has 0 saturated carbocycles. The highest BCUT2D eigenvalue weighted by Crippen LogP contribution is 2.20. The van der Waals surface area contributed by atoms with E-state index in [9.17, 15) is 0 Å². The van der Waals surface area contributed by atoms with Gasteiger partial charge in [0.2, 0.25) is 0 Å². The molecule has 0 bridgehead atoms. The molecular weight excluding hydrogens is 320 g/mol. The van der Waals surface area contributed by atoms with Crippen LogP contribution in [0.4, 0.5) is 0 Å². The van der Waals surface area contributed by atoms with Crippen LogP contribution >= 0.6 is 0 Å². The number of aryl methyl sites for hydroxylation is 1. The Kier molecular flexibility index (Phi) is 5.84. The Bertz CT molecular complexity index is 884. The van der Waals surface area contributed by atoms with Crippen molar-refractivity contribution >= 4 is 16.7 Å². The standard InChI is InChI=1S/C22H26N4/c1-16-8-9-18(15-25-16)12-13-24-22(23-3)26-17(2)20-11-10-19-6-4-5-7-21(19)14-20/h4-11,14-15,17H,12-13H2,1-3H3,(H2,23,24,26). The minimum absolute atomic E-state index is 0.173. The molecule has 3 aromatic rings. The van der Waals surface area contributed by atoms with Gasteiger partial charge in [-0.15, -0.1) is 0 Å². The van der Waals surface area contributed by atoms with Crippen molar-refractivity contribution in [2.75, 3.05) is 13.6 Å². The Hall–Kier alpha value is -2.88. The second-order valence-electron chi connectivity index (χ2n) is 6.53. The van der Waals surface area contributed by atoms with Gasteiger partial charge in [-0.25, -0.2) is 0 Å². The van der Waals surface area contributed by atoms with Crippen molar-refractivity contribution in [3.8, 4) is 0 Å². The quantitative estimate of drug-likeness (QED) is 0.542. The number of guanidine groups is 1. The first-order valence-electron chi connectivity index (χ1n) is 9.03. The van der Waals surface area contributed by atoms with E-state index >= 15 is 0 Å². The molecular formula is C22H26N4. The van der Waals surface area contributed by atoms with Crippen LogP contribution in [0.15, 0.2) is 65.8 Å². The highest BCUT2D eigenvalue weighted by molar-refractivity contribution is 5.84. The number of fused-ring (bicyclic) bond motifs is 1. The van der Waals surface area contributed by atoms with E-state index in [4.69, 9.17) is 0 Å². The third kappa shape index (κ3) is 4.60. The lowest BCUT2D eigenvalue weighted by Crippen LogP contribution is -2.39. The van der Waals surface area contributed by atoms with Gasteiger partial charge in [-0.2, -0.15) is 0 Å². The van der Waals surface area contributed by atoms with Gasteiger partial charge >= 0.3 is 0 Å². The monoisotopic (exact) mass is 346 g/mol. The summed E-state index contributed by atoms with van der Waals surface area (Å²) in [5, 5.41) is 9.37. The summed E-state index contributed by atoms with van der Waals surface area (Å²) < 4.78 is 0. The van der Waals surface area contributed by atoms with Gasteiger partial charge < -0.3 is 10.6 Å². The summed E-state index contributed by atoms with van der Waals surface area (Å²) in [5.41, 5.74) is 3.51. The van der Waals surface area contributed by atoms with Gasteiger partial charge in [0.25, 0.3) is 0 Å². The first-order valence-corrected chi connectivity index (χ1v) is 9.03. The summed E-state index contributed by atoms with van der Waals surface area (Å²) >= 11 is 0. The van der Waals surface area contributed by atoms with Crippen molar-refractivity contribution in [3.63, 3.8) is 0 Å². The van der Waals surface area contributed by atoms with E-state index in [1.165, 1.54) is 21.9 Å². The third-order valence-electron chi connectivity index (χ3n) is 4.53. The van der Waals surface area contributed by atoms with Crippen molar-refractivity contribution in [1.29, 1.82) is 0 Å². The van der Waals surface area contributed by atoms with E-state index in [1.807, 2.05) is 19.2 Å². The van der Waals surface area contributed by atoms with Gasteiger partial charge in [-0.1, -0.05) is 42.5 Å². The third-order valence-corrected chi connectivity index (χ3v) is 4.53. The molecule has 26 heavy (non-hydrogen) atoms. The van der Waals surface area contributed by atoms with E-state index in [1.54, 1.807) is 7.05 Å². The summed E-state index contributed by atoms with van der Waals surface area (Å²) in [4.78, 5) is 8.68. The number of hydrogen-bond acceptors (Lipinski definition) is 2. The lowest BCUT2D eigenvalue weighted by molar-refractivity contribution is 0.685. The van der Waals surface area contributed by atoms with Crippen molar-refractivity contribution in [2.45, 2.75) is 26.3 Å². The van der Waals surface area contributed by atoms with E-state index in [-0.39, 0.29) is 6.04 Å². The van der Waals surface area contributed by atoms with Crippen LogP contribution in [0, 0.1) is 6.92 Å². The Morgan fingerprint density at radius 3 is 2.62 bits per heavy atom. The average Bonchev–Trinajstić information content (AvgIpc) is 2.68. The van der Waals surface area contributed by atoms with E-state index < -0.39 is 0 Å². The van der Waals surface area contributed by atoms with Crippen LogP contribution in [-0.4, -0.2) is 24.5 Å². The van der Waals surface area contributed by atoms with Gasteiger partial charge in [-0.3, -0.25) is 9.98 Å². The van der Waals surface area contributed by atoms with E-state index in [0.29, 0.717) is 0 Å². The average molecular weight is 346 g/mol. The molecule has 1 atom stereocenters. The number of hydrogen-bond donors (Lipinski definition) is 2. The van der Waals surface area contributed by atoms with Crippen LogP contribution in [0.2, 0.25) is 0 Å². The Morgan fingerprint density at radius 2 is 1.88 bits per heavy atom. The molecule has 0 radical (unpaired) electrons. The minimum atomic E-state index is 0.173. The summed E-state index contributed by atoms with van der Waals surface area (Å²) in [7, 11) is 1.80. The molecule has 4 heteroatoms. The van der Waals surface area contributed by atoms with Gasteiger partial charge in [0.05, 0.1) is 6.04 Å². The highest BCUT2D eigenvalue weighted by atomic mass is 15.2. The van der Waals surface area contributed by atoms with Crippen molar-refractivity contribution < 1.29 is 0 Å². The Labute approximate surface area is 155 Å². The minimum Gasteiger partial charge on any atom is -0.356 e. The zero-order valence-corrected chi connectivity index (χ0v) is 15.7. The molecule has 0 aliphatic carbocycles. The molecule has 0 amide bonds. The SMILES string of the molecule is CN=C(NCCc1ccc(C)nc1)NC(C)c1ccc2ccccc2c1. The topological polar surface area (TPSA) is 49.3 Å². The molecule has 2 aromatic carbocycles.